The Balaban J connectivity index is 1.83. The molecule has 0 spiro atoms. The van der Waals surface area contributed by atoms with E-state index in [0.29, 0.717) is 18.7 Å². The highest BCUT2D eigenvalue weighted by atomic mass is 16.5. The lowest BCUT2D eigenvalue weighted by Crippen LogP contribution is -2.39. The van der Waals surface area contributed by atoms with E-state index in [2.05, 4.69) is 20.9 Å². The van der Waals surface area contributed by atoms with Crippen LogP contribution in [0.15, 0.2) is 52.1 Å². The maximum atomic E-state index is 11.8. The van der Waals surface area contributed by atoms with Gasteiger partial charge in [0.25, 0.3) is 5.91 Å². The Kier molecular flexibility index (Phi) is 10.4. The fraction of sp³-hybridized carbons (Fsp3) is 0.455. The van der Waals surface area contributed by atoms with Crippen LogP contribution in [0.1, 0.15) is 35.0 Å². The van der Waals surface area contributed by atoms with E-state index in [1.165, 1.54) is 0 Å². The van der Waals surface area contributed by atoms with E-state index in [0.717, 1.165) is 56.2 Å². The van der Waals surface area contributed by atoms with Crippen LogP contribution in [0, 0.1) is 0 Å². The van der Waals surface area contributed by atoms with Crippen molar-refractivity contribution in [2.75, 3.05) is 39.9 Å². The molecule has 2 rings (SSSR count). The molecular formula is C22H32N4O3. The van der Waals surface area contributed by atoms with E-state index >= 15 is 0 Å². The van der Waals surface area contributed by atoms with Crippen molar-refractivity contribution in [1.29, 1.82) is 0 Å². The number of rotatable bonds is 12. The molecule has 7 nitrogen and oxygen atoms in total. The van der Waals surface area contributed by atoms with Crippen molar-refractivity contribution < 1.29 is 13.9 Å². The number of nitrogens with one attached hydrogen (secondary N) is 3. The quantitative estimate of drug-likeness (QED) is 0.289. The van der Waals surface area contributed by atoms with Gasteiger partial charge in [-0.1, -0.05) is 12.1 Å². The van der Waals surface area contributed by atoms with Crippen molar-refractivity contribution >= 4 is 11.9 Å². The largest absolute Gasteiger partial charge is 0.469 e. The number of amides is 1. The van der Waals surface area contributed by atoms with Crippen LogP contribution < -0.4 is 16.0 Å². The number of hydrogen-bond donors (Lipinski definition) is 3. The van der Waals surface area contributed by atoms with Crippen molar-refractivity contribution in [2.45, 2.75) is 26.2 Å². The number of carbonyl (C=O) groups excluding carboxylic acids is 1. The smallest absolute Gasteiger partial charge is 0.251 e. The second kappa shape index (κ2) is 13.4. The van der Waals surface area contributed by atoms with E-state index in [1.54, 1.807) is 13.3 Å². The normalized spacial score (nSPS) is 11.3. The molecule has 29 heavy (non-hydrogen) atoms. The summed E-state index contributed by atoms with van der Waals surface area (Å²) in [5.74, 6) is 1.64. The molecule has 0 bridgehead atoms. The van der Waals surface area contributed by atoms with E-state index < -0.39 is 0 Å². The molecule has 0 aliphatic rings. The van der Waals surface area contributed by atoms with Gasteiger partial charge in [-0.25, -0.2) is 0 Å². The fourth-order valence-corrected chi connectivity index (χ4v) is 2.77. The molecule has 2 aromatic rings. The molecule has 158 valence electrons. The summed E-state index contributed by atoms with van der Waals surface area (Å²) in [6.45, 7) is 5.58. The topological polar surface area (TPSA) is 87.9 Å². The van der Waals surface area contributed by atoms with Gasteiger partial charge in [-0.05, 0) is 49.6 Å². The van der Waals surface area contributed by atoms with Crippen LogP contribution >= 0.6 is 0 Å². The van der Waals surface area contributed by atoms with Crippen LogP contribution in [0.5, 0.6) is 0 Å². The number of ether oxygens (including phenoxy) is 1. The van der Waals surface area contributed by atoms with Crippen LogP contribution in [-0.2, 0) is 17.6 Å². The summed E-state index contributed by atoms with van der Waals surface area (Å²) in [5.41, 5.74) is 1.77. The number of guanidine groups is 1. The Morgan fingerprint density at radius 1 is 1.14 bits per heavy atom. The minimum atomic E-state index is -0.0732. The van der Waals surface area contributed by atoms with E-state index in [1.807, 2.05) is 43.3 Å². The SMILES string of the molecule is CCOCCCN=C(NCCc1cccc(C(=O)NC)c1)NCCc1ccco1. The number of aliphatic imine (C=N–C) groups is 1. The standard InChI is InChI=1S/C22H32N4O3/c1-3-28-15-6-12-24-22(26-14-11-20-9-5-16-29-20)25-13-10-18-7-4-8-19(17-18)21(27)23-2/h4-5,7-9,16-17H,3,6,10-15H2,1-2H3,(H,23,27)(H2,24,25,26). The van der Waals surface area contributed by atoms with Crippen LogP contribution in [0.25, 0.3) is 0 Å². The third-order valence-corrected chi connectivity index (χ3v) is 4.29. The zero-order valence-corrected chi connectivity index (χ0v) is 17.4. The Morgan fingerprint density at radius 3 is 2.69 bits per heavy atom. The molecule has 3 N–H and O–H groups in total. The maximum Gasteiger partial charge on any atom is 0.251 e. The summed E-state index contributed by atoms with van der Waals surface area (Å²) in [4.78, 5) is 16.4. The summed E-state index contributed by atoms with van der Waals surface area (Å²) in [6, 6.07) is 11.5. The molecule has 0 aliphatic carbocycles. The molecule has 0 atom stereocenters. The summed E-state index contributed by atoms with van der Waals surface area (Å²) >= 11 is 0. The number of nitrogens with zero attached hydrogens (tertiary/aromatic N) is 1. The Labute approximate surface area is 172 Å². The minimum Gasteiger partial charge on any atom is -0.469 e. The van der Waals surface area contributed by atoms with Gasteiger partial charge in [0.15, 0.2) is 5.96 Å². The average molecular weight is 401 g/mol. The first-order chi connectivity index (χ1) is 14.2. The number of furan rings is 1. The van der Waals surface area contributed by atoms with Crippen LogP contribution in [0.4, 0.5) is 0 Å². The summed E-state index contributed by atoms with van der Waals surface area (Å²) in [6.07, 6.45) is 4.15. The molecule has 0 saturated heterocycles. The van der Waals surface area contributed by atoms with Gasteiger partial charge >= 0.3 is 0 Å². The number of hydrogen-bond acceptors (Lipinski definition) is 4. The van der Waals surface area contributed by atoms with Crippen LogP contribution in [0.3, 0.4) is 0 Å². The Morgan fingerprint density at radius 2 is 1.97 bits per heavy atom. The molecule has 1 aromatic heterocycles. The first-order valence-corrected chi connectivity index (χ1v) is 10.2. The summed E-state index contributed by atoms with van der Waals surface area (Å²) < 4.78 is 10.7. The van der Waals surface area contributed by atoms with Crippen molar-refractivity contribution in [2.24, 2.45) is 4.99 Å². The lowest BCUT2D eigenvalue weighted by atomic mass is 10.1. The number of carbonyl (C=O) groups is 1. The predicted molar refractivity (Wildman–Crippen MR) is 115 cm³/mol. The van der Waals surface area contributed by atoms with Crippen molar-refractivity contribution in [3.63, 3.8) is 0 Å². The van der Waals surface area contributed by atoms with Gasteiger partial charge in [0.05, 0.1) is 6.26 Å². The lowest BCUT2D eigenvalue weighted by molar-refractivity contribution is 0.0963. The van der Waals surface area contributed by atoms with E-state index in [4.69, 9.17) is 9.15 Å². The van der Waals surface area contributed by atoms with Crippen molar-refractivity contribution in [3.8, 4) is 0 Å². The number of benzene rings is 1. The highest BCUT2D eigenvalue weighted by Crippen LogP contribution is 2.05. The highest BCUT2D eigenvalue weighted by molar-refractivity contribution is 5.94. The Bertz CT molecular complexity index is 744. The second-order valence-corrected chi connectivity index (χ2v) is 6.49. The molecule has 0 fully saturated rings. The monoisotopic (exact) mass is 400 g/mol. The van der Waals surface area contributed by atoms with E-state index in [9.17, 15) is 4.79 Å². The van der Waals surface area contributed by atoms with Gasteiger partial charge in [0.2, 0.25) is 0 Å². The van der Waals surface area contributed by atoms with Crippen LogP contribution in [-0.4, -0.2) is 51.8 Å². The first kappa shape index (κ1) is 22.5. The van der Waals surface area contributed by atoms with Gasteiger partial charge in [-0.3, -0.25) is 9.79 Å². The van der Waals surface area contributed by atoms with Gasteiger partial charge in [-0.15, -0.1) is 0 Å². The molecule has 0 radical (unpaired) electrons. The van der Waals surface area contributed by atoms with Gasteiger partial charge < -0.3 is 25.1 Å². The summed E-state index contributed by atoms with van der Waals surface area (Å²) in [7, 11) is 1.64. The van der Waals surface area contributed by atoms with Crippen LogP contribution in [0.2, 0.25) is 0 Å². The van der Waals surface area contributed by atoms with Crippen molar-refractivity contribution in [1.82, 2.24) is 16.0 Å². The highest BCUT2D eigenvalue weighted by Gasteiger charge is 2.05. The third-order valence-electron chi connectivity index (χ3n) is 4.29. The fourth-order valence-electron chi connectivity index (χ4n) is 2.77. The van der Waals surface area contributed by atoms with Gasteiger partial charge in [-0.2, -0.15) is 0 Å². The maximum absolute atomic E-state index is 11.8. The second-order valence-electron chi connectivity index (χ2n) is 6.49. The molecule has 0 saturated carbocycles. The summed E-state index contributed by atoms with van der Waals surface area (Å²) in [5, 5.41) is 9.37. The zero-order valence-electron chi connectivity index (χ0n) is 17.4. The zero-order chi connectivity index (χ0) is 20.7. The molecule has 1 amide bonds. The van der Waals surface area contributed by atoms with E-state index in [-0.39, 0.29) is 5.91 Å². The average Bonchev–Trinajstić information content (AvgIpc) is 3.26. The molecule has 0 unspecified atom stereocenters. The Hall–Kier alpha value is -2.80. The van der Waals surface area contributed by atoms with Crippen molar-refractivity contribution in [3.05, 3.63) is 59.5 Å². The molecule has 0 aliphatic heterocycles. The molecular weight excluding hydrogens is 368 g/mol. The lowest BCUT2D eigenvalue weighted by Gasteiger charge is -2.13. The molecule has 1 heterocycles. The first-order valence-electron chi connectivity index (χ1n) is 10.2. The minimum absolute atomic E-state index is 0.0732. The molecule has 7 heteroatoms. The predicted octanol–water partition coefficient (Wildman–Crippen LogP) is 2.39. The van der Waals surface area contributed by atoms with Gasteiger partial charge in [0.1, 0.15) is 5.76 Å². The molecule has 1 aromatic carbocycles. The van der Waals surface area contributed by atoms with Gasteiger partial charge in [0, 0.05) is 51.9 Å². The third kappa shape index (κ3) is 8.83.